The Morgan fingerprint density at radius 3 is 2.78 bits per heavy atom. The van der Waals surface area contributed by atoms with Crippen molar-refractivity contribution in [1.29, 1.82) is 0 Å². The second-order valence-corrected chi connectivity index (χ2v) is 5.55. The van der Waals surface area contributed by atoms with E-state index in [0.717, 1.165) is 28.0 Å². The van der Waals surface area contributed by atoms with Crippen LogP contribution < -0.4 is 10.1 Å². The summed E-state index contributed by atoms with van der Waals surface area (Å²) in [4.78, 5) is 15.8. The number of H-pyrrole nitrogens is 1. The number of amides is 1. The minimum absolute atomic E-state index is 0.126. The lowest BCUT2D eigenvalue weighted by molar-refractivity contribution is 0.102. The van der Waals surface area contributed by atoms with Crippen LogP contribution in [-0.2, 0) is 0 Å². The van der Waals surface area contributed by atoms with E-state index in [0.29, 0.717) is 12.2 Å². The molecule has 0 aliphatic carbocycles. The lowest BCUT2D eigenvalue weighted by Gasteiger charge is -2.08. The standard InChI is InChI=1S/C19H20N2O2/c1-4-23-16-7-5-6-15(11-16)21-19(22)14-8-9-18-17(10-14)12(2)13(3)20-18/h5-11,20H,4H2,1-3H3,(H,21,22). The number of aromatic nitrogens is 1. The average molecular weight is 308 g/mol. The molecule has 118 valence electrons. The van der Waals surface area contributed by atoms with E-state index in [1.54, 1.807) is 0 Å². The second-order valence-electron chi connectivity index (χ2n) is 5.55. The Bertz CT molecular complexity index is 865. The van der Waals surface area contributed by atoms with Crippen molar-refractivity contribution in [2.75, 3.05) is 11.9 Å². The largest absolute Gasteiger partial charge is 0.494 e. The molecule has 1 aromatic heterocycles. The molecule has 0 aliphatic heterocycles. The van der Waals surface area contributed by atoms with Gasteiger partial charge in [0.15, 0.2) is 0 Å². The van der Waals surface area contributed by atoms with Crippen molar-refractivity contribution in [1.82, 2.24) is 4.98 Å². The third-order valence-electron chi connectivity index (χ3n) is 3.97. The van der Waals surface area contributed by atoms with Gasteiger partial charge in [0.1, 0.15) is 5.75 Å². The summed E-state index contributed by atoms with van der Waals surface area (Å²) in [5.74, 6) is 0.622. The molecule has 0 spiro atoms. The first-order chi connectivity index (χ1) is 11.1. The van der Waals surface area contributed by atoms with Crippen LogP contribution in [0, 0.1) is 13.8 Å². The summed E-state index contributed by atoms with van der Waals surface area (Å²) in [6, 6.07) is 13.1. The molecule has 1 amide bonds. The Labute approximate surface area is 135 Å². The molecule has 0 saturated heterocycles. The number of anilines is 1. The number of fused-ring (bicyclic) bond motifs is 1. The summed E-state index contributed by atoms with van der Waals surface area (Å²) in [6.45, 7) is 6.62. The first-order valence-electron chi connectivity index (χ1n) is 7.71. The fraction of sp³-hybridized carbons (Fsp3) is 0.211. The highest BCUT2D eigenvalue weighted by Crippen LogP contribution is 2.23. The van der Waals surface area contributed by atoms with Gasteiger partial charge >= 0.3 is 0 Å². The van der Waals surface area contributed by atoms with Crippen molar-refractivity contribution in [2.45, 2.75) is 20.8 Å². The topological polar surface area (TPSA) is 54.1 Å². The van der Waals surface area contributed by atoms with Crippen LogP contribution in [0.15, 0.2) is 42.5 Å². The number of benzene rings is 2. The zero-order valence-corrected chi connectivity index (χ0v) is 13.6. The molecule has 23 heavy (non-hydrogen) atoms. The first kappa shape index (κ1) is 15.2. The summed E-state index contributed by atoms with van der Waals surface area (Å²) < 4.78 is 5.45. The lowest BCUT2D eigenvalue weighted by atomic mass is 10.1. The fourth-order valence-electron chi connectivity index (χ4n) is 2.64. The Hall–Kier alpha value is -2.75. The maximum atomic E-state index is 12.5. The van der Waals surface area contributed by atoms with Crippen LogP contribution in [0.1, 0.15) is 28.5 Å². The number of carbonyl (C=O) groups is 1. The molecule has 3 rings (SSSR count). The SMILES string of the molecule is CCOc1cccc(NC(=O)c2ccc3[nH]c(C)c(C)c3c2)c1. The van der Waals surface area contributed by atoms with Crippen LogP contribution in [0.5, 0.6) is 5.75 Å². The van der Waals surface area contributed by atoms with Gasteiger partial charge in [-0.1, -0.05) is 6.07 Å². The van der Waals surface area contributed by atoms with E-state index >= 15 is 0 Å². The molecule has 2 aromatic carbocycles. The van der Waals surface area contributed by atoms with Crippen molar-refractivity contribution in [3.8, 4) is 5.75 Å². The Balaban J connectivity index is 1.85. The molecule has 1 heterocycles. The Morgan fingerprint density at radius 1 is 1.17 bits per heavy atom. The van der Waals surface area contributed by atoms with Gasteiger partial charge in [0.2, 0.25) is 0 Å². The number of aryl methyl sites for hydroxylation is 2. The Morgan fingerprint density at radius 2 is 2.00 bits per heavy atom. The van der Waals surface area contributed by atoms with Crippen LogP contribution in [0.2, 0.25) is 0 Å². The van der Waals surface area contributed by atoms with Gasteiger partial charge in [-0.05, 0) is 56.7 Å². The molecule has 0 aliphatic rings. The molecule has 0 atom stereocenters. The van der Waals surface area contributed by atoms with Crippen molar-refractivity contribution in [3.05, 3.63) is 59.3 Å². The van der Waals surface area contributed by atoms with Gasteiger partial charge in [-0.15, -0.1) is 0 Å². The number of nitrogens with one attached hydrogen (secondary N) is 2. The third kappa shape index (κ3) is 3.06. The lowest BCUT2D eigenvalue weighted by Crippen LogP contribution is -2.11. The molecular formula is C19H20N2O2. The van der Waals surface area contributed by atoms with Crippen LogP contribution >= 0.6 is 0 Å². The molecule has 0 unspecified atom stereocenters. The van der Waals surface area contributed by atoms with E-state index in [4.69, 9.17) is 4.74 Å². The number of hydrogen-bond donors (Lipinski definition) is 2. The Kier molecular flexibility index (Phi) is 4.06. The van der Waals surface area contributed by atoms with Crippen LogP contribution in [0.4, 0.5) is 5.69 Å². The van der Waals surface area contributed by atoms with E-state index in [1.807, 2.05) is 56.3 Å². The molecule has 4 heteroatoms. The highest BCUT2D eigenvalue weighted by molar-refractivity contribution is 6.06. The molecular weight excluding hydrogens is 288 g/mol. The summed E-state index contributed by atoms with van der Waals surface area (Å²) in [5.41, 5.74) is 4.72. The zero-order valence-electron chi connectivity index (χ0n) is 13.6. The number of rotatable bonds is 4. The third-order valence-corrected chi connectivity index (χ3v) is 3.97. The number of hydrogen-bond acceptors (Lipinski definition) is 2. The molecule has 2 N–H and O–H groups in total. The summed E-state index contributed by atoms with van der Waals surface area (Å²) in [6.07, 6.45) is 0. The van der Waals surface area contributed by atoms with Crippen LogP contribution in [0.3, 0.4) is 0 Å². The predicted octanol–water partition coefficient (Wildman–Crippen LogP) is 4.44. The van der Waals surface area contributed by atoms with Gasteiger partial charge in [0.05, 0.1) is 6.61 Å². The fourth-order valence-corrected chi connectivity index (χ4v) is 2.64. The van der Waals surface area contributed by atoms with Crippen molar-refractivity contribution < 1.29 is 9.53 Å². The summed E-state index contributed by atoms with van der Waals surface area (Å²) in [7, 11) is 0. The number of aromatic amines is 1. The van der Waals surface area contributed by atoms with Gasteiger partial charge in [0, 0.05) is 33.9 Å². The molecule has 0 bridgehead atoms. The quantitative estimate of drug-likeness (QED) is 0.749. The molecule has 0 radical (unpaired) electrons. The molecule has 0 saturated carbocycles. The molecule has 0 fully saturated rings. The van der Waals surface area contributed by atoms with E-state index in [-0.39, 0.29) is 5.91 Å². The van der Waals surface area contributed by atoms with Crippen molar-refractivity contribution >= 4 is 22.5 Å². The van der Waals surface area contributed by atoms with Gasteiger partial charge in [-0.3, -0.25) is 4.79 Å². The second kappa shape index (κ2) is 6.16. The van der Waals surface area contributed by atoms with Gasteiger partial charge in [-0.25, -0.2) is 0 Å². The van der Waals surface area contributed by atoms with Crippen LogP contribution in [0.25, 0.3) is 10.9 Å². The zero-order chi connectivity index (χ0) is 16.4. The normalized spacial score (nSPS) is 10.7. The van der Waals surface area contributed by atoms with Crippen molar-refractivity contribution in [2.24, 2.45) is 0 Å². The maximum Gasteiger partial charge on any atom is 0.255 e. The average Bonchev–Trinajstić information content (AvgIpc) is 2.82. The minimum atomic E-state index is -0.126. The van der Waals surface area contributed by atoms with E-state index in [2.05, 4.69) is 17.2 Å². The minimum Gasteiger partial charge on any atom is -0.494 e. The monoisotopic (exact) mass is 308 g/mol. The number of carbonyl (C=O) groups excluding carboxylic acids is 1. The molecule has 4 nitrogen and oxygen atoms in total. The highest BCUT2D eigenvalue weighted by Gasteiger charge is 2.10. The van der Waals surface area contributed by atoms with Crippen molar-refractivity contribution in [3.63, 3.8) is 0 Å². The summed E-state index contributed by atoms with van der Waals surface area (Å²) >= 11 is 0. The molecule has 3 aromatic rings. The van der Waals surface area contributed by atoms with E-state index < -0.39 is 0 Å². The smallest absolute Gasteiger partial charge is 0.255 e. The van der Waals surface area contributed by atoms with E-state index in [1.165, 1.54) is 5.56 Å². The highest BCUT2D eigenvalue weighted by atomic mass is 16.5. The van der Waals surface area contributed by atoms with E-state index in [9.17, 15) is 4.79 Å². The predicted molar refractivity (Wildman–Crippen MR) is 93.3 cm³/mol. The van der Waals surface area contributed by atoms with Gasteiger partial charge in [-0.2, -0.15) is 0 Å². The first-order valence-corrected chi connectivity index (χ1v) is 7.71. The number of ether oxygens (including phenoxy) is 1. The van der Waals surface area contributed by atoms with Gasteiger partial charge < -0.3 is 15.0 Å². The maximum absolute atomic E-state index is 12.5. The van der Waals surface area contributed by atoms with Gasteiger partial charge in [0.25, 0.3) is 5.91 Å². The summed E-state index contributed by atoms with van der Waals surface area (Å²) in [5, 5.41) is 4.00. The van der Waals surface area contributed by atoms with Crippen LogP contribution in [-0.4, -0.2) is 17.5 Å².